The number of hydrogen-bond donors (Lipinski definition) is 1. The number of ketones is 1. The number of benzene rings is 2. The van der Waals surface area contributed by atoms with Crippen molar-refractivity contribution in [2.24, 2.45) is 5.92 Å². The average Bonchev–Trinajstić information content (AvgIpc) is 2.82. The van der Waals surface area contributed by atoms with Gasteiger partial charge in [-0.15, -0.1) is 0 Å². The summed E-state index contributed by atoms with van der Waals surface area (Å²) in [5.74, 6) is 0.208. The zero-order valence-electron chi connectivity index (χ0n) is 22.8. The minimum atomic E-state index is -0.929. The monoisotopic (exact) mass is 504 g/mol. The molecule has 4 rings (SSSR count). The van der Waals surface area contributed by atoms with Gasteiger partial charge in [0.1, 0.15) is 11.1 Å². The van der Waals surface area contributed by atoms with Gasteiger partial charge in [-0.25, -0.2) is 4.79 Å². The lowest BCUT2D eigenvalue weighted by atomic mass is 9.74. The quantitative estimate of drug-likeness (QED) is 0.493. The van der Waals surface area contributed by atoms with Gasteiger partial charge >= 0.3 is 6.09 Å². The Kier molecular flexibility index (Phi) is 7.77. The van der Waals surface area contributed by atoms with E-state index in [1.165, 1.54) is 16.7 Å². The fraction of sp³-hybridized carbons (Fsp3) is 0.516. The lowest BCUT2D eigenvalue weighted by Gasteiger charge is -2.47. The summed E-state index contributed by atoms with van der Waals surface area (Å²) in [5, 5.41) is 2.92. The molecule has 37 heavy (non-hydrogen) atoms. The number of nitrogens with zero attached hydrogens (tertiary/aromatic N) is 1. The standard InChI is InChI=1S/C31H40N2O4/c1-21-12-13-25(16-22(21)2)26-17-23(18-27(34)24-10-7-6-8-11-24)19-33(20-26)28(35)31(14-9-15-31)32-29(36)37-30(3,4)5/h6-8,10-13,16,23,26H,9,14-15,17-20H2,1-5H3,(H,32,36). The first kappa shape index (κ1) is 26.9. The van der Waals surface area contributed by atoms with Gasteiger partial charge in [0, 0.05) is 31.0 Å². The Morgan fingerprint density at radius 2 is 1.70 bits per heavy atom. The van der Waals surface area contributed by atoms with Crippen LogP contribution in [0.4, 0.5) is 4.79 Å². The number of alkyl carbamates (subject to hydrolysis) is 1. The molecule has 0 aromatic heterocycles. The van der Waals surface area contributed by atoms with Crippen LogP contribution in [0.2, 0.25) is 0 Å². The minimum Gasteiger partial charge on any atom is -0.444 e. The van der Waals surface area contributed by atoms with E-state index in [2.05, 4.69) is 37.4 Å². The van der Waals surface area contributed by atoms with Crippen LogP contribution in [0, 0.1) is 19.8 Å². The number of amides is 2. The second-order valence-corrected chi connectivity index (χ2v) is 11.9. The van der Waals surface area contributed by atoms with E-state index >= 15 is 0 Å². The van der Waals surface area contributed by atoms with E-state index < -0.39 is 17.2 Å². The van der Waals surface area contributed by atoms with Crippen LogP contribution in [0.3, 0.4) is 0 Å². The van der Waals surface area contributed by atoms with E-state index in [0.717, 1.165) is 12.8 Å². The maximum absolute atomic E-state index is 14.0. The fourth-order valence-electron chi connectivity index (χ4n) is 5.51. The summed E-state index contributed by atoms with van der Waals surface area (Å²) in [6.07, 6.45) is 2.76. The molecule has 2 aromatic carbocycles. The van der Waals surface area contributed by atoms with Gasteiger partial charge in [0.2, 0.25) is 5.91 Å². The molecule has 6 heteroatoms. The molecule has 0 spiro atoms. The Bertz CT molecular complexity index is 1150. The van der Waals surface area contributed by atoms with E-state index in [-0.39, 0.29) is 23.5 Å². The first-order valence-corrected chi connectivity index (χ1v) is 13.4. The van der Waals surface area contributed by atoms with Crippen molar-refractivity contribution >= 4 is 17.8 Å². The molecule has 198 valence electrons. The molecule has 2 amide bonds. The van der Waals surface area contributed by atoms with Crippen LogP contribution in [-0.2, 0) is 9.53 Å². The number of aryl methyl sites for hydroxylation is 2. The van der Waals surface area contributed by atoms with Crippen molar-refractivity contribution in [1.29, 1.82) is 0 Å². The first-order valence-electron chi connectivity index (χ1n) is 13.4. The SMILES string of the molecule is Cc1ccc(C2CC(CC(=O)c3ccccc3)CN(C(=O)C3(NC(=O)OC(C)(C)C)CCC3)C2)cc1C. The van der Waals surface area contributed by atoms with Crippen molar-refractivity contribution in [2.45, 2.75) is 83.8 Å². The van der Waals surface area contributed by atoms with Crippen LogP contribution < -0.4 is 5.32 Å². The highest BCUT2D eigenvalue weighted by molar-refractivity contribution is 5.96. The number of likely N-dealkylation sites (tertiary alicyclic amines) is 1. The zero-order valence-corrected chi connectivity index (χ0v) is 22.8. The minimum absolute atomic E-state index is 0.0377. The van der Waals surface area contributed by atoms with Crippen molar-refractivity contribution in [3.05, 3.63) is 70.8 Å². The summed E-state index contributed by atoms with van der Waals surface area (Å²) in [4.78, 5) is 41.6. The van der Waals surface area contributed by atoms with Gasteiger partial charge < -0.3 is 15.0 Å². The number of hydrogen-bond acceptors (Lipinski definition) is 4. The molecule has 1 saturated heterocycles. The summed E-state index contributed by atoms with van der Waals surface area (Å²) in [6.45, 7) is 10.7. The van der Waals surface area contributed by atoms with Gasteiger partial charge in [0.15, 0.2) is 5.78 Å². The third-order valence-electron chi connectivity index (χ3n) is 7.75. The number of Topliss-reactive ketones (excluding diaryl/α,β-unsaturated/α-hetero) is 1. The maximum Gasteiger partial charge on any atom is 0.408 e. The van der Waals surface area contributed by atoms with Crippen molar-refractivity contribution in [3.63, 3.8) is 0 Å². The van der Waals surface area contributed by atoms with Crippen LogP contribution in [0.5, 0.6) is 0 Å². The van der Waals surface area contributed by atoms with Gasteiger partial charge in [-0.3, -0.25) is 9.59 Å². The molecule has 2 fully saturated rings. The lowest BCUT2D eigenvalue weighted by molar-refractivity contribution is -0.144. The second kappa shape index (κ2) is 10.7. The predicted molar refractivity (Wildman–Crippen MR) is 145 cm³/mol. The van der Waals surface area contributed by atoms with Crippen molar-refractivity contribution < 1.29 is 19.1 Å². The van der Waals surface area contributed by atoms with Gasteiger partial charge in [0.25, 0.3) is 0 Å². The third-order valence-corrected chi connectivity index (χ3v) is 7.75. The number of rotatable bonds is 6. The molecule has 1 aliphatic carbocycles. The lowest BCUT2D eigenvalue weighted by Crippen LogP contribution is -2.65. The Labute approximate surface area is 220 Å². The van der Waals surface area contributed by atoms with E-state index in [1.54, 1.807) is 0 Å². The van der Waals surface area contributed by atoms with Crippen molar-refractivity contribution in [2.75, 3.05) is 13.1 Å². The summed E-state index contributed by atoms with van der Waals surface area (Å²) in [7, 11) is 0. The molecule has 1 saturated carbocycles. The predicted octanol–water partition coefficient (Wildman–Crippen LogP) is 5.96. The average molecular weight is 505 g/mol. The van der Waals surface area contributed by atoms with Crippen molar-refractivity contribution in [3.8, 4) is 0 Å². The highest BCUT2D eigenvalue weighted by atomic mass is 16.6. The Morgan fingerprint density at radius 1 is 1.00 bits per heavy atom. The van der Waals surface area contributed by atoms with Crippen LogP contribution in [0.15, 0.2) is 48.5 Å². The van der Waals surface area contributed by atoms with E-state index in [0.29, 0.717) is 37.9 Å². The van der Waals surface area contributed by atoms with Crippen LogP contribution in [-0.4, -0.2) is 46.9 Å². The Morgan fingerprint density at radius 3 is 2.30 bits per heavy atom. The Hall–Kier alpha value is -3.15. The summed E-state index contributed by atoms with van der Waals surface area (Å²) in [5.41, 5.74) is 2.79. The molecule has 0 radical (unpaired) electrons. The Balaban J connectivity index is 1.57. The van der Waals surface area contributed by atoms with Gasteiger partial charge in [-0.2, -0.15) is 0 Å². The highest BCUT2D eigenvalue weighted by Gasteiger charge is 2.49. The van der Waals surface area contributed by atoms with Gasteiger partial charge in [-0.1, -0.05) is 48.5 Å². The van der Waals surface area contributed by atoms with E-state index in [4.69, 9.17) is 4.74 Å². The first-order chi connectivity index (χ1) is 17.5. The van der Waals surface area contributed by atoms with E-state index in [1.807, 2.05) is 56.0 Å². The number of nitrogens with one attached hydrogen (secondary N) is 1. The van der Waals surface area contributed by atoms with Crippen LogP contribution >= 0.6 is 0 Å². The molecular formula is C31H40N2O4. The molecule has 2 atom stereocenters. The largest absolute Gasteiger partial charge is 0.444 e. The highest BCUT2D eigenvalue weighted by Crippen LogP contribution is 2.39. The molecule has 6 nitrogen and oxygen atoms in total. The molecule has 2 aliphatic rings. The summed E-state index contributed by atoms with van der Waals surface area (Å²) < 4.78 is 5.48. The molecule has 1 N–H and O–H groups in total. The van der Waals surface area contributed by atoms with Crippen molar-refractivity contribution in [1.82, 2.24) is 10.2 Å². The summed E-state index contributed by atoms with van der Waals surface area (Å²) >= 11 is 0. The van der Waals surface area contributed by atoms with E-state index in [9.17, 15) is 14.4 Å². The molecule has 1 heterocycles. The van der Waals surface area contributed by atoms with Gasteiger partial charge in [-0.05, 0) is 82.9 Å². The molecule has 0 bridgehead atoms. The van der Waals surface area contributed by atoms with Crippen LogP contribution in [0.25, 0.3) is 0 Å². The molecule has 2 unspecified atom stereocenters. The number of piperidine rings is 1. The topological polar surface area (TPSA) is 75.7 Å². The number of carbonyl (C=O) groups excluding carboxylic acids is 3. The number of ether oxygens (including phenoxy) is 1. The summed E-state index contributed by atoms with van der Waals surface area (Å²) in [6, 6.07) is 15.9. The molecular weight excluding hydrogens is 464 g/mol. The fourth-order valence-corrected chi connectivity index (χ4v) is 5.51. The molecule has 1 aliphatic heterocycles. The smallest absolute Gasteiger partial charge is 0.408 e. The number of carbonyl (C=O) groups is 3. The second-order valence-electron chi connectivity index (χ2n) is 11.9. The third kappa shape index (κ3) is 6.41. The normalized spacial score (nSPS) is 21.1. The molecule has 2 aromatic rings. The van der Waals surface area contributed by atoms with Gasteiger partial charge in [0.05, 0.1) is 0 Å². The van der Waals surface area contributed by atoms with Crippen LogP contribution in [0.1, 0.15) is 85.8 Å². The zero-order chi connectivity index (χ0) is 26.8. The maximum atomic E-state index is 14.0.